The summed E-state index contributed by atoms with van der Waals surface area (Å²) in [5.74, 6) is 0. The highest BCUT2D eigenvalue weighted by atomic mass is 79.9. The molecule has 1 N–H and O–H groups in total. The molecule has 2 heterocycles. The SMILES string of the molecule is Cc1sc(C(O)c2cnc3ccccc3c2)cc1Br. The molecule has 19 heavy (non-hydrogen) atoms. The molecule has 0 saturated carbocycles. The molecule has 0 aliphatic rings. The van der Waals surface area contributed by atoms with E-state index in [1.807, 2.05) is 43.3 Å². The summed E-state index contributed by atoms with van der Waals surface area (Å²) in [7, 11) is 0. The monoisotopic (exact) mass is 333 g/mol. The van der Waals surface area contributed by atoms with Gasteiger partial charge >= 0.3 is 0 Å². The molecule has 1 aromatic carbocycles. The molecule has 2 nitrogen and oxygen atoms in total. The zero-order valence-corrected chi connectivity index (χ0v) is 12.7. The van der Waals surface area contributed by atoms with Crippen molar-refractivity contribution in [2.24, 2.45) is 0 Å². The van der Waals surface area contributed by atoms with Gasteiger partial charge in [0.1, 0.15) is 6.10 Å². The standard InChI is InChI=1S/C15H12BrNOS/c1-9-12(16)7-14(19-9)15(18)11-6-10-4-2-3-5-13(10)17-8-11/h2-8,15,18H,1H3. The Morgan fingerprint density at radius 1 is 1.26 bits per heavy atom. The summed E-state index contributed by atoms with van der Waals surface area (Å²) in [5.41, 5.74) is 1.77. The van der Waals surface area contributed by atoms with Crippen molar-refractivity contribution < 1.29 is 5.11 Å². The molecule has 4 heteroatoms. The average Bonchev–Trinajstić information content (AvgIpc) is 2.77. The van der Waals surface area contributed by atoms with Gasteiger partial charge in [0.2, 0.25) is 0 Å². The van der Waals surface area contributed by atoms with Gasteiger partial charge in [-0.25, -0.2) is 0 Å². The number of halogens is 1. The molecule has 0 aliphatic carbocycles. The van der Waals surface area contributed by atoms with E-state index in [9.17, 15) is 5.11 Å². The van der Waals surface area contributed by atoms with Crippen LogP contribution in [0.25, 0.3) is 10.9 Å². The maximum atomic E-state index is 10.4. The average molecular weight is 334 g/mol. The fraction of sp³-hybridized carbons (Fsp3) is 0.133. The van der Waals surface area contributed by atoms with Crippen molar-refractivity contribution in [3.05, 3.63) is 62.4 Å². The van der Waals surface area contributed by atoms with Crippen LogP contribution in [-0.2, 0) is 0 Å². The van der Waals surface area contributed by atoms with E-state index in [2.05, 4.69) is 20.9 Å². The normalized spacial score (nSPS) is 12.8. The number of hydrogen-bond acceptors (Lipinski definition) is 3. The third-order valence-electron chi connectivity index (χ3n) is 3.07. The maximum absolute atomic E-state index is 10.4. The molecule has 0 amide bonds. The van der Waals surface area contributed by atoms with Crippen molar-refractivity contribution >= 4 is 38.2 Å². The quantitative estimate of drug-likeness (QED) is 0.751. The highest BCUT2D eigenvalue weighted by Gasteiger charge is 2.15. The summed E-state index contributed by atoms with van der Waals surface area (Å²) in [4.78, 5) is 6.49. The van der Waals surface area contributed by atoms with Crippen molar-refractivity contribution in [2.45, 2.75) is 13.0 Å². The van der Waals surface area contributed by atoms with E-state index in [1.165, 1.54) is 4.88 Å². The van der Waals surface area contributed by atoms with Gasteiger partial charge < -0.3 is 5.11 Å². The summed E-state index contributed by atoms with van der Waals surface area (Å²) in [6.07, 6.45) is 1.13. The molecule has 0 fully saturated rings. The lowest BCUT2D eigenvalue weighted by atomic mass is 10.1. The molecule has 0 radical (unpaired) electrons. The number of para-hydroxylation sites is 1. The van der Waals surface area contributed by atoms with Gasteiger partial charge in [0.25, 0.3) is 0 Å². The number of nitrogens with zero attached hydrogens (tertiary/aromatic N) is 1. The molecule has 1 atom stereocenters. The van der Waals surface area contributed by atoms with Crippen molar-refractivity contribution in [1.29, 1.82) is 0 Å². The van der Waals surface area contributed by atoms with Crippen LogP contribution in [0.3, 0.4) is 0 Å². The van der Waals surface area contributed by atoms with Crippen LogP contribution in [0.15, 0.2) is 47.1 Å². The first-order valence-corrected chi connectivity index (χ1v) is 7.54. The molecular formula is C15H12BrNOS. The van der Waals surface area contributed by atoms with Crippen LogP contribution >= 0.6 is 27.3 Å². The lowest BCUT2D eigenvalue weighted by Gasteiger charge is -2.09. The number of aliphatic hydroxyl groups excluding tert-OH is 1. The second kappa shape index (κ2) is 5.04. The Morgan fingerprint density at radius 3 is 2.79 bits per heavy atom. The first-order valence-electron chi connectivity index (χ1n) is 5.94. The van der Waals surface area contributed by atoms with E-state index in [0.29, 0.717) is 0 Å². The second-order valence-electron chi connectivity index (χ2n) is 4.42. The van der Waals surface area contributed by atoms with E-state index < -0.39 is 6.10 Å². The minimum atomic E-state index is -0.618. The first kappa shape index (κ1) is 12.8. The predicted octanol–water partition coefficient (Wildman–Crippen LogP) is 4.45. The predicted molar refractivity (Wildman–Crippen MR) is 82.6 cm³/mol. The van der Waals surface area contributed by atoms with E-state index in [-0.39, 0.29) is 0 Å². The van der Waals surface area contributed by atoms with E-state index in [1.54, 1.807) is 17.5 Å². The smallest absolute Gasteiger partial charge is 0.115 e. The van der Waals surface area contributed by atoms with Crippen LogP contribution in [-0.4, -0.2) is 10.1 Å². The third kappa shape index (κ3) is 2.43. The largest absolute Gasteiger partial charge is 0.383 e. The van der Waals surface area contributed by atoms with E-state index in [0.717, 1.165) is 25.8 Å². The zero-order valence-electron chi connectivity index (χ0n) is 10.3. The first-order chi connectivity index (χ1) is 9.15. The summed E-state index contributed by atoms with van der Waals surface area (Å²) in [5, 5.41) is 11.5. The van der Waals surface area contributed by atoms with E-state index in [4.69, 9.17) is 0 Å². The van der Waals surface area contributed by atoms with Gasteiger partial charge in [0.05, 0.1) is 5.52 Å². The highest BCUT2D eigenvalue weighted by Crippen LogP contribution is 2.34. The minimum absolute atomic E-state index is 0.618. The molecule has 2 aromatic heterocycles. The molecular weight excluding hydrogens is 322 g/mol. The lowest BCUT2D eigenvalue weighted by Crippen LogP contribution is -1.97. The Hall–Kier alpha value is -1.23. The number of hydrogen-bond donors (Lipinski definition) is 1. The number of aryl methyl sites for hydroxylation is 1. The number of rotatable bonds is 2. The third-order valence-corrected chi connectivity index (χ3v) is 5.26. The van der Waals surface area contributed by atoms with Crippen molar-refractivity contribution in [3.63, 3.8) is 0 Å². The maximum Gasteiger partial charge on any atom is 0.115 e. The van der Waals surface area contributed by atoms with Gasteiger partial charge in [-0.1, -0.05) is 18.2 Å². The number of benzene rings is 1. The summed E-state index contributed by atoms with van der Waals surface area (Å²) in [6.45, 7) is 2.03. The molecule has 1 unspecified atom stereocenters. The number of fused-ring (bicyclic) bond motifs is 1. The van der Waals surface area contributed by atoms with Crippen LogP contribution in [0, 0.1) is 6.92 Å². The topological polar surface area (TPSA) is 33.1 Å². The summed E-state index contributed by atoms with van der Waals surface area (Å²) < 4.78 is 1.04. The van der Waals surface area contributed by atoms with Crippen LogP contribution in [0.2, 0.25) is 0 Å². The highest BCUT2D eigenvalue weighted by molar-refractivity contribution is 9.10. The van der Waals surface area contributed by atoms with E-state index >= 15 is 0 Å². The molecule has 0 saturated heterocycles. The zero-order chi connectivity index (χ0) is 13.4. The van der Waals surface area contributed by atoms with Crippen molar-refractivity contribution in [3.8, 4) is 0 Å². The van der Waals surface area contributed by atoms with Crippen LogP contribution in [0.1, 0.15) is 21.4 Å². The van der Waals surface area contributed by atoms with Gasteiger partial charge in [-0.15, -0.1) is 11.3 Å². The molecule has 0 bridgehead atoms. The summed E-state index contributed by atoms with van der Waals surface area (Å²) >= 11 is 5.08. The Kier molecular flexibility index (Phi) is 3.39. The fourth-order valence-electron chi connectivity index (χ4n) is 2.02. The van der Waals surface area contributed by atoms with Crippen molar-refractivity contribution in [1.82, 2.24) is 4.98 Å². The van der Waals surface area contributed by atoms with Gasteiger partial charge in [-0.3, -0.25) is 4.98 Å². The van der Waals surface area contributed by atoms with Gasteiger partial charge in [0, 0.05) is 31.4 Å². The van der Waals surface area contributed by atoms with Gasteiger partial charge in [-0.05, 0) is 41.1 Å². The molecule has 3 rings (SSSR count). The number of aliphatic hydroxyl groups is 1. The van der Waals surface area contributed by atoms with Crippen LogP contribution in [0.4, 0.5) is 0 Å². The lowest BCUT2D eigenvalue weighted by molar-refractivity contribution is 0.224. The van der Waals surface area contributed by atoms with Crippen LogP contribution < -0.4 is 0 Å². The fourth-order valence-corrected chi connectivity index (χ4v) is 3.59. The molecule has 96 valence electrons. The summed E-state index contributed by atoms with van der Waals surface area (Å²) in [6, 6.07) is 11.9. The Balaban J connectivity index is 2.03. The number of pyridine rings is 1. The van der Waals surface area contributed by atoms with Crippen LogP contribution in [0.5, 0.6) is 0 Å². The van der Waals surface area contributed by atoms with Gasteiger partial charge in [-0.2, -0.15) is 0 Å². The van der Waals surface area contributed by atoms with Crippen molar-refractivity contribution in [2.75, 3.05) is 0 Å². The number of thiophene rings is 1. The molecule has 3 aromatic rings. The Bertz CT molecular complexity index is 718. The molecule has 0 aliphatic heterocycles. The van der Waals surface area contributed by atoms with Gasteiger partial charge in [0.15, 0.2) is 0 Å². The Morgan fingerprint density at radius 2 is 2.05 bits per heavy atom. The second-order valence-corrected chi connectivity index (χ2v) is 6.56. The Labute approximate surface area is 123 Å². The minimum Gasteiger partial charge on any atom is -0.383 e. The molecule has 0 spiro atoms. The number of aromatic nitrogens is 1.